The largest absolute Gasteiger partial charge is 0.397 e. The first-order valence-corrected chi connectivity index (χ1v) is 6.88. The van der Waals surface area contributed by atoms with Crippen LogP contribution in [-0.2, 0) is 6.54 Å². The third kappa shape index (κ3) is 3.26. The minimum Gasteiger partial charge on any atom is -0.397 e. The van der Waals surface area contributed by atoms with E-state index in [1.54, 1.807) is 48.5 Å². The van der Waals surface area contributed by atoms with Crippen molar-refractivity contribution in [3.63, 3.8) is 0 Å². The third-order valence-electron chi connectivity index (χ3n) is 2.77. The number of nitrogens with one attached hydrogen (secondary N) is 1. The summed E-state index contributed by atoms with van der Waals surface area (Å²) in [5.41, 5.74) is 9.19. The van der Waals surface area contributed by atoms with Gasteiger partial charge in [0, 0.05) is 26.2 Å². The Morgan fingerprint density at radius 3 is 2.79 bits per heavy atom. The van der Waals surface area contributed by atoms with Gasteiger partial charge >= 0.3 is 0 Å². The van der Waals surface area contributed by atoms with Crippen molar-refractivity contribution in [3.05, 3.63) is 46.2 Å². The van der Waals surface area contributed by atoms with E-state index in [-0.39, 0.29) is 5.91 Å². The molecule has 3 N–H and O–H groups in total. The van der Waals surface area contributed by atoms with Crippen LogP contribution < -0.4 is 11.1 Å². The summed E-state index contributed by atoms with van der Waals surface area (Å²) in [6, 6.07) is 7.35. The van der Waals surface area contributed by atoms with E-state index in [4.69, 9.17) is 5.73 Å². The zero-order chi connectivity index (χ0) is 13.8. The first-order chi connectivity index (χ1) is 9.08. The van der Waals surface area contributed by atoms with E-state index in [1.165, 1.54) is 5.56 Å². The molecule has 0 bridgehead atoms. The predicted octanol–water partition coefficient (Wildman–Crippen LogP) is 2.64. The molecule has 0 radical (unpaired) electrons. The zero-order valence-electron chi connectivity index (χ0n) is 11.0. The predicted molar refractivity (Wildman–Crippen MR) is 80.5 cm³/mol. The molecule has 4 nitrogen and oxygen atoms in total. The fraction of sp³-hybridized carbons (Fsp3) is 0.214. The summed E-state index contributed by atoms with van der Waals surface area (Å²) in [6.07, 6.45) is 0. The normalized spacial score (nSPS) is 10.2. The van der Waals surface area contributed by atoms with Crippen LogP contribution in [0.5, 0.6) is 0 Å². The Balaban J connectivity index is 2.15. The van der Waals surface area contributed by atoms with Crippen LogP contribution in [0, 0.1) is 0 Å². The molecular weight excluding hydrogens is 258 g/mol. The number of nitrogens with two attached hydrogens (primary N) is 1. The third-order valence-corrected chi connectivity index (χ3v) is 3.50. The molecule has 0 saturated carbocycles. The van der Waals surface area contributed by atoms with Gasteiger partial charge in [-0.3, -0.25) is 4.79 Å². The Labute approximate surface area is 116 Å². The van der Waals surface area contributed by atoms with Crippen molar-refractivity contribution in [1.29, 1.82) is 0 Å². The van der Waals surface area contributed by atoms with Gasteiger partial charge in [0.25, 0.3) is 5.91 Å². The summed E-state index contributed by atoms with van der Waals surface area (Å²) in [5, 5.41) is 7.38. The van der Waals surface area contributed by atoms with Gasteiger partial charge in [0.15, 0.2) is 0 Å². The molecule has 0 unspecified atom stereocenters. The standard InChI is InChI=1S/C14H17N3OS/c1-17(2)14(18)11-3-4-12(15)13(7-11)16-8-10-5-6-19-9-10/h3-7,9,16H,8,15H2,1-2H3. The molecule has 1 aromatic heterocycles. The number of anilines is 2. The SMILES string of the molecule is CN(C)C(=O)c1ccc(N)c(NCc2ccsc2)c1. The van der Waals surface area contributed by atoms with Gasteiger partial charge in [-0.25, -0.2) is 0 Å². The van der Waals surface area contributed by atoms with Gasteiger partial charge in [0.05, 0.1) is 11.4 Å². The Morgan fingerprint density at radius 1 is 1.37 bits per heavy atom. The highest BCUT2D eigenvalue weighted by atomic mass is 32.1. The first-order valence-electron chi connectivity index (χ1n) is 5.94. The van der Waals surface area contributed by atoms with Crippen LogP contribution in [0.25, 0.3) is 0 Å². The summed E-state index contributed by atoms with van der Waals surface area (Å²) in [5.74, 6) is -0.0291. The van der Waals surface area contributed by atoms with Crippen molar-refractivity contribution in [2.24, 2.45) is 0 Å². The lowest BCUT2D eigenvalue weighted by Gasteiger charge is -2.13. The van der Waals surface area contributed by atoms with Crippen LogP contribution in [0.15, 0.2) is 35.0 Å². The molecule has 0 aliphatic rings. The average molecular weight is 275 g/mol. The average Bonchev–Trinajstić information content (AvgIpc) is 2.90. The van der Waals surface area contributed by atoms with Crippen molar-refractivity contribution in [2.45, 2.75) is 6.54 Å². The first kappa shape index (κ1) is 13.4. The fourth-order valence-corrected chi connectivity index (χ4v) is 2.36. The van der Waals surface area contributed by atoms with Gasteiger partial charge < -0.3 is 16.0 Å². The van der Waals surface area contributed by atoms with E-state index in [0.29, 0.717) is 17.8 Å². The lowest BCUT2D eigenvalue weighted by Crippen LogP contribution is -2.21. The number of hydrogen-bond donors (Lipinski definition) is 2. The van der Waals surface area contributed by atoms with Gasteiger partial charge in [-0.05, 0) is 40.6 Å². The number of thiophene rings is 1. The van der Waals surface area contributed by atoms with Crippen LogP contribution in [-0.4, -0.2) is 24.9 Å². The molecule has 0 aliphatic carbocycles. The zero-order valence-corrected chi connectivity index (χ0v) is 11.8. The number of carbonyl (C=O) groups is 1. The maximum absolute atomic E-state index is 11.9. The number of nitrogen functional groups attached to an aromatic ring is 1. The highest BCUT2D eigenvalue weighted by molar-refractivity contribution is 7.07. The fourth-order valence-electron chi connectivity index (χ4n) is 1.69. The van der Waals surface area contributed by atoms with Crippen molar-refractivity contribution in [2.75, 3.05) is 25.1 Å². The monoisotopic (exact) mass is 275 g/mol. The van der Waals surface area contributed by atoms with Crippen LogP contribution in [0.2, 0.25) is 0 Å². The van der Waals surface area contributed by atoms with Crippen LogP contribution in [0.4, 0.5) is 11.4 Å². The van der Waals surface area contributed by atoms with E-state index < -0.39 is 0 Å². The second-order valence-electron chi connectivity index (χ2n) is 4.49. The number of amides is 1. The van der Waals surface area contributed by atoms with E-state index >= 15 is 0 Å². The molecule has 1 heterocycles. The van der Waals surface area contributed by atoms with Crippen LogP contribution in [0.3, 0.4) is 0 Å². The number of nitrogens with zero attached hydrogens (tertiary/aromatic N) is 1. The van der Waals surface area contributed by atoms with Crippen molar-refractivity contribution >= 4 is 28.6 Å². The molecule has 2 aromatic rings. The molecular formula is C14H17N3OS. The van der Waals surface area contributed by atoms with Crippen LogP contribution in [0.1, 0.15) is 15.9 Å². The minimum atomic E-state index is -0.0291. The summed E-state index contributed by atoms with van der Waals surface area (Å²) >= 11 is 1.66. The molecule has 1 amide bonds. The molecule has 100 valence electrons. The number of hydrogen-bond acceptors (Lipinski definition) is 4. The van der Waals surface area contributed by atoms with Crippen LogP contribution >= 0.6 is 11.3 Å². The molecule has 0 spiro atoms. The molecule has 0 aliphatic heterocycles. The van der Waals surface area contributed by atoms with Gasteiger partial charge in [-0.1, -0.05) is 0 Å². The maximum Gasteiger partial charge on any atom is 0.253 e. The van der Waals surface area contributed by atoms with Gasteiger partial charge in [0.2, 0.25) is 0 Å². The lowest BCUT2D eigenvalue weighted by molar-refractivity contribution is 0.0827. The molecule has 2 rings (SSSR count). The van der Waals surface area contributed by atoms with Crippen molar-refractivity contribution < 1.29 is 4.79 Å². The van der Waals surface area contributed by atoms with E-state index in [9.17, 15) is 4.79 Å². The Morgan fingerprint density at radius 2 is 2.16 bits per heavy atom. The Bertz CT molecular complexity index is 564. The number of benzene rings is 1. The Kier molecular flexibility index (Phi) is 4.06. The smallest absolute Gasteiger partial charge is 0.253 e. The maximum atomic E-state index is 11.9. The quantitative estimate of drug-likeness (QED) is 0.843. The summed E-state index contributed by atoms with van der Waals surface area (Å²) in [6.45, 7) is 0.702. The number of carbonyl (C=O) groups excluding carboxylic acids is 1. The summed E-state index contributed by atoms with van der Waals surface area (Å²) < 4.78 is 0. The second kappa shape index (κ2) is 5.75. The molecule has 19 heavy (non-hydrogen) atoms. The molecule has 0 fully saturated rings. The lowest BCUT2D eigenvalue weighted by atomic mass is 10.1. The molecule has 5 heteroatoms. The summed E-state index contributed by atoms with van der Waals surface area (Å²) in [4.78, 5) is 13.4. The topological polar surface area (TPSA) is 58.4 Å². The Hall–Kier alpha value is -2.01. The molecule has 0 atom stereocenters. The van der Waals surface area contributed by atoms with Gasteiger partial charge in [0.1, 0.15) is 0 Å². The van der Waals surface area contributed by atoms with Gasteiger partial charge in [-0.15, -0.1) is 0 Å². The van der Waals surface area contributed by atoms with E-state index in [1.807, 2.05) is 5.38 Å². The number of rotatable bonds is 4. The highest BCUT2D eigenvalue weighted by Gasteiger charge is 2.10. The van der Waals surface area contributed by atoms with E-state index in [0.717, 1.165) is 5.69 Å². The van der Waals surface area contributed by atoms with Crippen molar-refractivity contribution in [1.82, 2.24) is 4.90 Å². The summed E-state index contributed by atoms with van der Waals surface area (Å²) in [7, 11) is 3.47. The highest BCUT2D eigenvalue weighted by Crippen LogP contribution is 2.21. The minimum absolute atomic E-state index is 0.0291. The van der Waals surface area contributed by atoms with Crippen molar-refractivity contribution in [3.8, 4) is 0 Å². The molecule has 1 aromatic carbocycles. The molecule has 0 saturated heterocycles. The second-order valence-corrected chi connectivity index (χ2v) is 5.27. The van der Waals surface area contributed by atoms with Gasteiger partial charge in [-0.2, -0.15) is 11.3 Å². The van der Waals surface area contributed by atoms with E-state index in [2.05, 4.69) is 16.8 Å².